The molecule has 0 saturated heterocycles. The summed E-state index contributed by atoms with van der Waals surface area (Å²) in [5.74, 6) is -1.18. The molecule has 0 aliphatic rings. The fourth-order valence-electron chi connectivity index (χ4n) is 1.67. The molecule has 0 heterocycles. The minimum atomic E-state index is -3.69. The summed E-state index contributed by atoms with van der Waals surface area (Å²) in [6.45, 7) is 0.964. The summed E-state index contributed by atoms with van der Waals surface area (Å²) in [4.78, 5) is 10.9. The van der Waals surface area contributed by atoms with Crippen LogP contribution < -0.4 is 4.72 Å². The lowest BCUT2D eigenvalue weighted by molar-refractivity contribution is 0.0695. The zero-order chi connectivity index (χ0) is 15.9. The maximum absolute atomic E-state index is 12.1. The summed E-state index contributed by atoms with van der Waals surface area (Å²) in [6.07, 6.45) is 2.43. The average Bonchev–Trinajstić information content (AvgIpc) is 2.42. The first-order valence-corrected chi connectivity index (χ1v) is 8.67. The molecule has 0 amide bonds. The van der Waals surface area contributed by atoms with Gasteiger partial charge in [0.1, 0.15) is 0 Å². The van der Waals surface area contributed by atoms with E-state index in [0.717, 1.165) is 18.9 Å². The number of ether oxygens (including phenoxy) is 1. The molecule has 21 heavy (non-hydrogen) atoms. The van der Waals surface area contributed by atoms with Crippen molar-refractivity contribution in [2.24, 2.45) is 0 Å². The van der Waals surface area contributed by atoms with Crippen molar-refractivity contribution in [3.63, 3.8) is 0 Å². The molecule has 6 nitrogen and oxygen atoms in total. The lowest BCUT2D eigenvalue weighted by Crippen LogP contribution is -2.25. The van der Waals surface area contributed by atoms with Gasteiger partial charge in [0.2, 0.25) is 10.0 Å². The standard InChI is InChI=1S/C13H18BrNO5S/c1-20-8-4-2-3-7-15-21(18,19)10-5-6-12(14)11(9-10)13(16)17/h5-6,9,15H,2-4,7-8H2,1H3,(H,16,17). The fourth-order valence-corrected chi connectivity index (χ4v) is 3.19. The summed E-state index contributed by atoms with van der Waals surface area (Å²) in [5.41, 5.74) is -0.0852. The average molecular weight is 380 g/mol. The van der Waals surface area contributed by atoms with Crippen molar-refractivity contribution >= 4 is 31.9 Å². The van der Waals surface area contributed by atoms with Crippen molar-refractivity contribution < 1.29 is 23.1 Å². The molecule has 0 saturated carbocycles. The minimum Gasteiger partial charge on any atom is -0.478 e. The summed E-state index contributed by atoms with van der Waals surface area (Å²) >= 11 is 3.08. The van der Waals surface area contributed by atoms with Gasteiger partial charge in [0, 0.05) is 24.7 Å². The lowest BCUT2D eigenvalue weighted by Gasteiger charge is -2.08. The number of rotatable bonds is 9. The fraction of sp³-hybridized carbons (Fsp3) is 0.462. The van der Waals surface area contributed by atoms with Crippen LogP contribution in [0.5, 0.6) is 0 Å². The monoisotopic (exact) mass is 379 g/mol. The second-order valence-corrected chi connectivity index (χ2v) is 7.02. The molecule has 1 aromatic rings. The number of hydrogen-bond donors (Lipinski definition) is 2. The van der Waals surface area contributed by atoms with E-state index in [4.69, 9.17) is 9.84 Å². The van der Waals surface area contributed by atoms with E-state index in [1.807, 2.05) is 0 Å². The number of sulfonamides is 1. The van der Waals surface area contributed by atoms with Crippen molar-refractivity contribution in [1.82, 2.24) is 4.72 Å². The molecule has 0 atom stereocenters. The Morgan fingerprint density at radius 2 is 2.05 bits per heavy atom. The third kappa shape index (κ3) is 5.74. The van der Waals surface area contributed by atoms with Gasteiger partial charge in [-0.2, -0.15) is 0 Å². The second-order valence-electron chi connectivity index (χ2n) is 4.40. The largest absolute Gasteiger partial charge is 0.478 e. The molecule has 0 radical (unpaired) electrons. The van der Waals surface area contributed by atoms with E-state index in [9.17, 15) is 13.2 Å². The Hall–Kier alpha value is -0.960. The Morgan fingerprint density at radius 3 is 2.67 bits per heavy atom. The number of halogens is 1. The van der Waals surface area contributed by atoms with Crippen molar-refractivity contribution in [2.45, 2.75) is 24.2 Å². The third-order valence-electron chi connectivity index (χ3n) is 2.80. The summed E-state index contributed by atoms with van der Waals surface area (Å²) in [6, 6.07) is 3.92. The number of carbonyl (C=O) groups is 1. The number of benzene rings is 1. The first-order chi connectivity index (χ1) is 9.88. The van der Waals surface area contributed by atoms with Crippen LogP contribution in [-0.2, 0) is 14.8 Å². The van der Waals surface area contributed by atoms with Crippen LogP contribution in [0.4, 0.5) is 0 Å². The van der Waals surface area contributed by atoms with E-state index < -0.39 is 16.0 Å². The highest BCUT2D eigenvalue weighted by Crippen LogP contribution is 2.21. The highest BCUT2D eigenvalue weighted by Gasteiger charge is 2.17. The normalized spacial score (nSPS) is 11.5. The highest BCUT2D eigenvalue weighted by molar-refractivity contribution is 9.10. The highest BCUT2D eigenvalue weighted by atomic mass is 79.9. The molecule has 1 rings (SSSR count). The Labute approximate surface area is 132 Å². The molecular weight excluding hydrogens is 362 g/mol. The summed E-state index contributed by atoms with van der Waals surface area (Å²) in [7, 11) is -2.07. The van der Waals surface area contributed by atoms with Crippen LogP contribution in [0.1, 0.15) is 29.6 Å². The van der Waals surface area contributed by atoms with Gasteiger partial charge in [-0.1, -0.05) is 0 Å². The van der Waals surface area contributed by atoms with Crippen LogP contribution >= 0.6 is 15.9 Å². The minimum absolute atomic E-state index is 0.0556. The van der Waals surface area contributed by atoms with Crippen LogP contribution in [0, 0.1) is 0 Å². The van der Waals surface area contributed by atoms with Gasteiger partial charge in [-0.3, -0.25) is 0 Å². The van der Waals surface area contributed by atoms with Crippen molar-refractivity contribution in [3.8, 4) is 0 Å². The van der Waals surface area contributed by atoms with Gasteiger partial charge in [-0.15, -0.1) is 0 Å². The third-order valence-corrected chi connectivity index (χ3v) is 4.95. The maximum Gasteiger partial charge on any atom is 0.336 e. The predicted octanol–water partition coefficient (Wildman–Crippen LogP) is 2.24. The zero-order valence-electron chi connectivity index (χ0n) is 11.6. The topological polar surface area (TPSA) is 92.7 Å². The first kappa shape index (κ1) is 18.1. The van der Waals surface area contributed by atoms with Gasteiger partial charge >= 0.3 is 5.97 Å². The van der Waals surface area contributed by atoms with Crippen LogP contribution in [0.15, 0.2) is 27.6 Å². The predicted molar refractivity (Wildman–Crippen MR) is 82.0 cm³/mol. The van der Waals surface area contributed by atoms with Gasteiger partial charge in [-0.05, 0) is 53.4 Å². The first-order valence-electron chi connectivity index (χ1n) is 6.40. The number of methoxy groups -OCH3 is 1. The smallest absolute Gasteiger partial charge is 0.336 e. The van der Waals surface area contributed by atoms with E-state index in [1.165, 1.54) is 12.1 Å². The molecule has 0 aliphatic heterocycles. The van der Waals surface area contributed by atoms with Crippen molar-refractivity contribution in [3.05, 3.63) is 28.2 Å². The van der Waals surface area contributed by atoms with E-state index in [0.29, 0.717) is 24.0 Å². The summed E-state index contributed by atoms with van der Waals surface area (Å²) < 4.78 is 31.8. The number of aromatic carboxylic acids is 1. The Balaban J connectivity index is 2.66. The van der Waals surface area contributed by atoms with Gasteiger partial charge in [0.05, 0.1) is 10.5 Å². The number of hydrogen-bond acceptors (Lipinski definition) is 4. The van der Waals surface area contributed by atoms with E-state index in [2.05, 4.69) is 20.7 Å². The Bertz CT molecular complexity index is 588. The number of nitrogens with one attached hydrogen (secondary N) is 1. The van der Waals surface area contributed by atoms with Crippen LogP contribution in [0.25, 0.3) is 0 Å². The molecule has 0 spiro atoms. The molecule has 1 aromatic carbocycles. The van der Waals surface area contributed by atoms with E-state index in [-0.39, 0.29) is 10.5 Å². The molecule has 8 heteroatoms. The molecule has 0 bridgehead atoms. The Morgan fingerprint density at radius 1 is 1.33 bits per heavy atom. The Kier molecular flexibility index (Phi) is 7.30. The van der Waals surface area contributed by atoms with Gasteiger partial charge in [0.25, 0.3) is 0 Å². The number of carboxylic acid groups (broad SMARTS) is 1. The lowest BCUT2D eigenvalue weighted by atomic mass is 10.2. The molecule has 2 N–H and O–H groups in total. The van der Waals surface area contributed by atoms with Gasteiger partial charge in [0.15, 0.2) is 0 Å². The van der Waals surface area contributed by atoms with Gasteiger partial charge in [-0.25, -0.2) is 17.9 Å². The maximum atomic E-state index is 12.1. The van der Waals surface area contributed by atoms with Crippen LogP contribution in [0.3, 0.4) is 0 Å². The number of carboxylic acids is 1. The van der Waals surface area contributed by atoms with Crippen LogP contribution in [-0.4, -0.2) is 39.8 Å². The molecule has 0 fully saturated rings. The molecule has 118 valence electrons. The quantitative estimate of drug-likeness (QED) is 0.641. The zero-order valence-corrected chi connectivity index (χ0v) is 14.0. The van der Waals surface area contributed by atoms with Crippen LogP contribution in [0.2, 0.25) is 0 Å². The summed E-state index contributed by atoms with van der Waals surface area (Å²) in [5, 5.41) is 9.00. The molecule has 0 unspecified atom stereocenters. The molecular formula is C13H18BrNO5S. The SMILES string of the molecule is COCCCCCNS(=O)(=O)c1ccc(Br)c(C(=O)O)c1. The molecule has 0 aromatic heterocycles. The van der Waals surface area contributed by atoms with Gasteiger partial charge < -0.3 is 9.84 Å². The second kappa shape index (κ2) is 8.47. The van der Waals surface area contributed by atoms with Crippen molar-refractivity contribution in [1.29, 1.82) is 0 Å². The van der Waals surface area contributed by atoms with E-state index in [1.54, 1.807) is 7.11 Å². The van der Waals surface area contributed by atoms with E-state index >= 15 is 0 Å². The molecule has 0 aliphatic carbocycles. The van der Waals surface area contributed by atoms with Crippen molar-refractivity contribution in [2.75, 3.05) is 20.3 Å². The number of unbranched alkanes of at least 4 members (excludes halogenated alkanes) is 2.